The SMILES string of the molecule is Cc1ccc(-c2nc(CCN(C)C(=O)c3ccccc3Cl)no2)cc1. The van der Waals surface area contributed by atoms with E-state index in [9.17, 15) is 4.79 Å². The van der Waals surface area contributed by atoms with Crippen LogP contribution in [0.3, 0.4) is 0 Å². The zero-order valence-electron chi connectivity index (χ0n) is 14.1. The zero-order chi connectivity index (χ0) is 17.8. The lowest BCUT2D eigenvalue weighted by atomic mass is 10.1. The molecule has 0 saturated heterocycles. The van der Waals surface area contributed by atoms with Crippen molar-refractivity contribution in [1.29, 1.82) is 0 Å². The average molecular weight is 356 g/mol. The number of aryl methyl sites for hydroxylation is 1. The van der Waals surface area contributed by atoms with Crippen molar-refractivity contribution in [2.45, 2.75) is 13.3 Å². The number of aromatic nitrogens is 2. The molecule has 3 aromatic rings. The van der Waals surface area contributed by atoms with Gasteiger partial charge in [0.2, 0.25) is 0 Å². The van der Waals surface area contributed by atoms with Crippen LogP contribution in [0, 0.1) is 6.92 Å². The molecule has 0 N–H and O–H groups in total. The van der Waals surface area contributed by atoms with Gasteiger partial charge in [-0.3, -0.25) is 4.79 Å². The van der Waals surface area contributed by atoms with Crippen molar-refractivity contribution in [3.63, 3.8) is 0 Å². The smallest absolute Gasteiger partial charge is 0.257 e. The molecule has 0 atom stereocenters. The fourth-order valence-corrected chi connectivity index (χ4v) is 2.59. The van der Waals surface area contributed by atoms with Crippen molar-refractivity contribution < 1.29 is 9.32 Å². The number of amides is 1. The number of benzene rings is 2. The Balaban J connectivity index is 1.63. The van der Waals surface area contributed by atoms with Crippen LogP contribution in [-0.4, -0.2) is 34.5 Å². The molecule has 0 spiro atoms. The Morgan fingerprint density at radius 1 is 1.16 bits per heavy atom. The van der Waals surface area contributed by atoms with E-state index < -0.39 is 0 Å². The standard InChI is InChI=1S/C19H18ClN3O2/c1-13-7-9-14(10-8-13)18-21-17(22-25-18)11-12-23(2)19(24)15-5-3-4-6-16(15)20/h3-10H,11-12H2,1-2H3. The van der Waals surface area contributed by atoms with Gasteiger partial charge in [-0.1, -0.05) is 46.6 Å². The Bertz CT molecular complexity index is 874. The summed E-state index contributed by atoms with van der Waals surface area (Å²) in [5.41, 5.74) is 2.54. The molecule has 0 aliphatic heterocycles. The minimum atomic E-state index is -0.132. The summed E-state index contributed by atoms with van der Waals surface area (Å²) in [5, 5.41) is 4.43. The fourth-order valence-electron chi connectivity index (χ4n) is 2.38. The lowest BCUT2D eigenvalue weighted by Crippen LogP contribution is -2.29. The molecule has 0 aliphatic rings. The summed E-state index contributed by atoms with van der Waals surface area (Å²) in [5.74, 6) is 0.914. The number of hydrogen-bond acceptors (Lipinski definition) is 4. The highest BCUT2D eigenvalue weighted by atomic mass is 35.5. The van der Waals surface area contributed by atoms with E-state index >= 15 is 0 Å². The highest BCUT2D eigenvalue weighted by Gasteiger charge is 2.16. The number of carbonyl (C=O) groups excluding carboxylic acids is 1. The molecule has 5 nitrogen and oxygen atoms in total. The largest absolute Gasteiger partial charge is 0.341 e. The Morgan fingerprint density at radius 3 is 2.60 bits per heavy atom. The van der Waals surface area contributed by atoms with Crippen LogP contribution in [0.5, 0.6) is 0 Å². The van der Waals surface area contributed by atoms with Crippen molar-refractivity contribution in [3.8, 4) is 11.5 Å². The number of nitrogens with zero attached hydrogens (tertiary/aromatic N) is 3. The topological polar surface area (TPSA) is 59.2 Å². The van der Waals surface area contributed by atoms with Gasteiger partial charge in [0.15, 0.2) is 5.82 Å². The van der Waals surface area contributed by atoms with E-state index in [2.05, 4.69) is 10.1 Å². The molecule has 1 heterocycles. The number of rotatable bonds is 5. The van der Waals surface area contributed by atoms with Gasteiger partial charge in [0.25, 0.3) is 11.8 Å². The van der Waals surface area contributed by atoms with Crippen LogP contribution >= 0.6 is 11.6 Å². The zero-order valence-corrected chi connectivity index (χ0v) is 14.8. The molecule has 0 fully saturated rings. The van der Waals surface area contributed by atoms with Crippen LogP contribution in [0.4, 0.5) is 0 Å². The number of halogens is 1. The van der Waals surface area contributed by atoms with Crippen LogP contribution in [0.15, 0.2) is 53.1 Å². The van der Waals surface area contributed by atoms with Crippen LogP contribution < -0.4 is 0 Å². The van der Waals surface area contributed by atoms with E-state index in [1.54, 1.807) is 36.2 Å². The molecule has 6 heteroatoms. The molecule has 1 amide bonds. The van der Waals surface area contributed by atoms with E-state index in [0.717, 1.165) is 5.56 Å². The van der Waals surface area contributed by atoms with Gasteiger partial charge in [-0.15, -0.1) is 0 Å². The third-order valence-corrected chi connectivity index (χ3v) is 4.22. The van der Waals surface area contributed by atoms with Gasteiger partial charge >= 0.3 is 0 Å². The summed E-state index contributed by atoms with van der Waals surface area (Å²) in [6, 6.07) is 14.9. The van der Waals surface area contributed by atoms with Crippen molar-refractivity contribution >= 4 is 17.5 Å². The van der Waals surface area contributed by atoms with Crippen molar-refractivity contribution in [2.24, 2.45) is 0 Å². The third kappa shape index (κ3) is 4.06. The molecular formula is C19H18ClN3O2. The second-order valence-corrected chi connectivity index (χ2v) is 6.25. The van der Waals surface area contributed by atoms with Gasteiger partial charge in [-0.05, 0) is 31.2 Å². The first kappa shape index (κ1) is 17.2. The third-order valence-electron chi connectivity index (χ3n) is 3.89. The molecular weight excluding hydrogens is 338 g/mol. The van der Waals surface area contributed by atoms with Gasteiger partial charge < -0.3 is 9.42 Å². The first-order valence-electron chi connectivity index (χ1n) is 7.94. The molecule has 0 radical (unpaired) electrons. The van der Waals surface area contributed by atoms with E-state index in [-0.39, 0.29) is 5.91 Å². The van der Waals surface area contributed by atoms with Gasteiger partial charge in [0.1, 0.15) is 0 Å². The van der Waals surface area contributed by atoms with Gasteiger partial charge in [-0.2, -0.15) is 4.98 Å². The number of hydrogen-bond donors (Lipinski definition) is 0. The van der Waals surface area contributed by atoms with Crippen LogP contribution in [0.1, 0.15) is 21.7 Å². The van der Waals surface area contributed by atoms with E-state index in [4.69, 9.17) is 16.1 Å². The minimum Gasteiger partial charge on any atom is -0.341 e. The molecule has 3 rings (SSSR count). The first-order valence-corrected chi connectivity index (χ1v) is 8.32. The highest BCUT2D eigenvalue weighted by molar-refractivity contribution is 6.33. The van der Waals surface area contributed by atoms with Crippen LogP contribution in [0.2, 0.25) is 5.02 Å². The highest BCUT2D eigenvalue weighted by Crippen LogP contribution is 2.19. The Kier molecular flexibility index (Phi) is 5.14. The number of carbonyl (C=O) groups is 1. The van der Waals surface area contributed by atoms with Crippen LogP contribution in [0.25, 0.3) is 11.5 Å². The molecule has 25 heavy (non-hydrogen) atoms. The molecule has 2 aromatic carbocycles. The summed E-state index contributed by atoms with van der Waals surface area (Å²) < 4.78 is 5.30. The lowest BCUT2D eigenvalue weighted by Gasteiger charge is -2.16. The maximum Gasteiger partial charge on any atom is 0.257 e. The first-order chi connectivity index (χ1) is 12.0. The average Bonchev–Trinajstić information content (AvgIpc) is 3.09. The molecule has 0 unspecified atom stereocenters. The Labute approximate surface area is 151 Å². The summed E-state index contributed by atoms with van der Waals surface area (Å²) in [6.07, 6.45) is 0.502. The Morgan fingerprint density at radius 2 is 1.88 bits per heavy atom. The fraction of sp³-hybridized carbons (Fsp3) is 0.211. The summed E-state index contributed by atoms with van der Waals surface area (Å²) in [7, 11) is 1.73. The van der Waals surface area contributed by atoms with Crippen molar-refractivity contribution in [3.05, 3.63) is 70.5 Å². The summed E-state index contributed by atoms with van der Waals surface area (Å²) in [4.78, 5) is 18.4. The maximum absolute atomic E-state index is 12.4. The van der Waals surface area contributed by atoms with E-state index in [1.807, 2.05) is 31.2 Å². The predicted molar refractivity (Wildman–Crippen MR) is 96.6 cm³/mol. The Hall–Kier alpha value is -2.66. The second-order valence-electron chi connectivity index (χ2n) is 5.84. The molecule has 0 aliphatic carbocycles. The van der Waals surface area contributed by atoms with E-state index in [1.165, 1.54) is 5.56 Å². The van der Waals surface area contributed by atoms with Gasteiger partial charge in [-0.25, -0.2) is 0 Å². The molecule has 1 aromatic heterocycles. The molecule has 0 saturated carbocycles. The molecule has 0 bridgehead atoms. The minimum absolute atomic E-state index is 0.132. The number of likely N-dealkylation sites (N-methyl/N-ethyl adjacent to an activating group) is 1. The van der Waals surface area contributed by atoms with E-state index in [0.29, 0.717) is 35.3 Å². The summed E-state index contributed by atoms with van der Waals surface area (Å²) in [6.45, 7) is 2.49. The lowest BCUT2D eigenvalue weighted by molar-refractivity contribution is 0.0796. The normalized spacial score (nSPS) is 10.7. The second kappa shape index (κ2) is 7.49. The van der Waals surface area contributed by atoms with Gasteiger partial charge in [0.05, 0.1) is 10.6 Å². The maximum atomic E-state index is 12.4. The van der Waals surface area contributed by atoms with Crippen LogP contribution in [-0.2, 0) is 6.42 Å². The summed E-state index contributed by atoms with van der Waals surface area (Å²) >= 11 is 6.08. The quantitative estimate of drug-likeness (QED) is 0.693. The van der Waals surface area contributed by atoms with Crippen molar-refractivity contribution in [2.75, 3.05) is 13.6 Å². The predicted octanol–water partition coefficient (Wildman–Crippen LogP) is 4.01. The van der Waals surface area contributed by atoms with Gasteiger partial charge in [0, 0.05) is 25.6 Å². The monoisotopic (exact) mass is 355 g/mol. The molecule has 128 valence electrons. The van der Waals surface area contributed by atoms with Crippen molar-refractivity contribution in [1.82, 2.24) is 15.0 Å².